The van der Waals surface area contributed by atoms with Gasteiger partial charge in [-0.1, -0.05) is 29.8 Å². The van der Waals surface area contributed by atoms with E-state index in [0.717, 1.165) is 11.6 Å². The van der Waals surface area contributed by atoms with E-state index in [1.54, 1.807) is 12.1 Å². The van der Waals surface area contributed by atoms with E-state index < -0.39 is 12.3 Å². The van der Waals surface area contributed by atoms with Gasteiger partial charge in [-0.05, 0) is 30.3 Å². The molecule has 0 saturated heterocycles. The van der Waals surface area contributed by atoms with Crippen molar-refractivity contribution in [3.8, 4) is 17.1 Å². The van der Waals surface area contributed by atoms with Crippen molar-refractivity contribution in [2.24, 2.45) is 0 Å². The fourth-order valence-electron chi connectivity index (χ4n) is 2.66. The van der Waals surface area contributed by atoms with E-state index in [1.807, 2.05) is 24.3 Å². The molecule has 3 aromatic rings. The molecule has 3 nitrogen and oxygen atoms in total. The van der Waals surface area contributed by atoms with E-state index in [1.165, 1.54) is 6.08 Å². The van der Waals surface area contributed by atoms with Crippen molar-refractivity contribution in [3.05, 3.63) is 53.1 Å². The molecule has 0 aliphatic carbocycles. The highest BCUT2D eigenvalue weighted by Crippen LogP contribution is 2.41. The number of nitrogens with zero attached hydrogens (tertiary/aromatic N) is 1. The zero-order valence-corrected chi connectivity index (χ0v) is 12.8. The molecule has 0 radical (unpaired) electrons. The molecule has 4 rings (SSSR count). The Morgan fingerprint density at radius 2 is 1.96 bits per heavy atom. The van der Waals surface area contributed by atoms with Crippen LogP contribution in [0.1, 0.15) is 5.56 Å². The highest BCUT2D eigenvalue weighted by molar-refractivity contribution is 6.31. The topological polar surface area (TPSA) is 37.9 Å². The monoisotopic (exact) mass is 350 g/mol. The number of H-pyrrole nitrogens is 1. The third-order valence-electron chi connectivity index (χ3n) is 3.74. The summed E-state index contributed by atoms with van der Waals surface area (Å²) in [7, 11) is 0. The predicted octanol–water partition coefficient (Wildman–Crippen LogP) is 5.22. The summed E-state index contributed by atoms with van der Waals surface area (Å²) >= 11 is 6.10. The van der Waals surface area contributed by atoms with E-state index in [4.69, 9.17) is 16.3 Å². The van der Waals surface area contributed by atoms with Crippen LogP contribution in [-0.4, -0.2) is 22.2 Å². The van der Waals surface area contributed by atoms with E-state index >= 15 is 0 Å². The lowest BCUT2D eigenvalue weighted by atomic mass is 10.0. The summed E-state index contributed by atoms with van der Waals surface area (Å²) in [5, 5.41) is 0.392. The zero-order chi connectivity index (χ0) is 16.9. The SMILES string of the molecule is FC(F)(F)C1C=Cc2cc(Cl)cc(-c3nc4ccccc4[nH]3)c2O1. The maximum absolute atomic E-state index is 13.0. The number of alkyl halides is 3. The molecule has 2 heterocycles. The maximum Gasteiger partial charge on any atom is 0.429 e. The van der Waals surface area contributed by atoms with Crippen molar-refractivity contribution < 1.29 is 17.9 Å². The highest BCUT2D eigenvalue weighted by Gasteiger charge is 2.42. The van der Waals surface area contributed by atoms with Crippen LogP contribution < -0.4 is 4.74 Å². The minimum absolute atomic E-state index is 0.114. The summed E-state index contributed by atoms with van der Waals surface area (Å²) in [6.45, 7) is 0. The van der Waals surface area contributed by atoms with Gasteiger partial charge in [0.25, 0.3) is 0 Å². The first-order chi connectivity index (χ1) is 11.4. The molecule has 2 aromatic carbocycles. The third kappa shape index (κ3) is 2.53. The molecule has 1 aliphatic rings. The van der Waals surface area contributed by atoms with Crippen LogP contribution in [-0.2, 0) is 0 Å². The highest BCUT2D eigenvalue weighted by atomic mass is 35.5. The number of aromatic amines is 1. The Morgan fingerprint density at radius 3 is 2.71 bits per heavy atom. The molecule has 1 aromatic heterocycles. The van der Waals surface area contributed by atoms with E-state index in [-0.39, 0.29) is 5.75 Å². The molecule has 122 valence electrons. The maximum atomic E-state index is 13.0. The summed E-state index contributed by atoms with van der Waals surface area (Å²) in [4.78, 5) is 7.51. The first-order valence-electron chi connectivity index (χ1n) is 7.12. The normalized spacial score (nSPS) is 16.9. The van der Waals surface area contributed by atoms with Crippen LogP contribution in [0, 0.1) is 0 Å². The molecule has 24 heavy (non-hydrogen) atoms. The number of benzene rings is 2. The van der Waals surface area contributed by atoms with Gasteiger partial charge >= 0.3 is 6.18 Å². The predicted molar refractivity (Wildman–Crippen MR) is 86.0 cm³/mol. The number of rotatable bonds is 1. The molecule has 1 atom stereocenters. The molecule has 0 spiro atoms. The van der Waals surface area contributed by atoms with Crippen LogP contribution >= 0.6 is 11.6 Å². The van der Waals surface area contributed by atoms with Gasteiger partial charge in [0, 0.05) is 10.6 Å². The molecule has 0 bridgehead atoms. The fraction of sp³-hybridized carbons (Fsp3) is 0.118. The average molecular weight is 351 g/mol. The summed E-state index contributed by atoms with van der Waals surface area (Å²) in [5.41, 5.74) is 2.37. The number of nitrogens with one attached hydrogen (secondary N) is 1. The standard InChI is InChI=1S/C17H10ClF3N2O/c18-10-7-9-5-6-14(17(19,20)21)24-15(9)11(8-10)16-22-12-3-1-2-4-13(12)23-16/h1-8,14H,(H,22,23). The first-order valence-corrected chi connectivity index (χ1v) is 7.50. The number of hydrogen-bond donors (Lipinski definition) is 1. The van der Waals surface area contributed by atoms with Gasteiger partial charge in [0.05, 0.1) is 16.6 Å². The molecule has 0 saturated carbocycles. The Morgan fingerprint density at radius 1 is 1.17 bits per heavy atom. The van der Waals surface area contributed by atoms with Crippen molar-refractivity contribution >= 4 is 28.7 Å². The molecule has 0 fully saturated rings. The molecule has 1 N–H and O–H groups in total. The van der Waals surface area contributed by atoms with Crippen LogP contribution in [0.25, 0.3) is 28.5 Å². The lowest BCUT2D eigenvalue weighted by molar-refractivity contribution is -0.180. The van der Waals surface area contributed by atoms with Gasteiger partial charge in [-0.15, -0.1) is 0 Å². The molecule has 0 amide bonds. The lowest BCUT2D eigenvalue weighted by Crippen LogP contribution is -2.34. The van der Waals surface area contributed by atoms with E-state index in [9.17, 15) is 13.2 Å². The van der Waals surface area contributed by atoms with E-state index in [2.05, 4.69) is 9.97 Å². The average Bonchev–Trinajstić information content (AvgIpc) is 2.96. The van der Waals surface area contributed by atoms with Gasteiger partial charge in [-0.25, -0.2) is 4.98 Å². The molecular weight excluding hydrogens is 341 g/mol. The van der Waals surface area contributed by atoms with Gasteiger partial charge < -0.3 is 9.72 Å². The molecule has 1 aliphatic heterocycles. The Hall–Kier alpha value is -2.47. The second-order valence-electron chi connectivity index (χ2n) is 5.41. The van der Waals surface area contributed by atoms with Gasteiger partial charge in [0.2, 0.25) is 6.10 Å². The van der Waals surface area contributed by atoms with Gasteiger partial charge in [0.15, 0.2) is 0 Å². The Balaban J connectivity index is 1.88. The number of para-hydroxylation sites is 2. The Labute approximate surface area is 139 Å². The molecular formula is C17H10ClF3N2O. The first kappa shape index (κ1) is 15.1. The zero-order valence-electron chi connectivity index (χ0n) is 12.1. The van der Waals surface area contributed by atoms with Gasteiger partial charge in [-0.3, -0.25) is 0 Å². The number of halogens is 4. The minimum Gasteiger partial charge on any atom is -0.475 e. The largest absolute Gasteiger partial charge is 0.475 e. The number of fused-ring (bicyclic) bond motifs is 2. The van der Waals surface area contributed by atoms with Crippen LogP contribution in [0.2, 0.25) is 5.02 Å². The summed E-state index contributed by atoms with van der Waals surface area (Å²) in [6.07, 6.45) is -4.14. The van der Waals surface area contributed by atoms with E-state index in [0.29, 0.717) is 27.5 Å². The molecule has 1 unspecified atom stereocenters. The second kappa shape index (κ2) is 5.27. The van der Waals surface area contributed by atoms with Crippen LogP contribution in [0.15, 0.2) is 42.5 Å². The Kier molecular flexibility index (Phi) is 3.31. The lowest BCUT2D eigenvalue weighted by Gasteiger charge is -2.25. The summed E-state index contributed by atoms with van der Waals surface area (Å²) in [5.74, 6) is 0.523. The van der Waals surface area contributed by atoms with Crippen LogP contribution in [0.4, 0.5) is 13.2 Å². The number of imidazole rings is 1. The van der Waals surface area contributed by atoms with Crippen molar-refractivity contribution in [2.75, 3.05) is 0 Å². The second-order valence-corrected chi connectivity index (χ2v) is 5.85. The fourth-order valence-corrected chi connectivity index (χ4v) is 2.89. The van der Waals surface area contributed by atoms with Crippen LogP contribution in [0.5, 0.6) is 5.75 Å². The van der Waals surface area contributed by atoms with Gasteiger partial charge in [0.1, 0.15) is 11.6 Å². The van der Waals surface area contributed by atoms with Crippen LogP contribution in [0.3, 0.4) is 0 Å². The quantitative estimate of drug-likeness (QED) is 0.653. The smallest absolute Gasteiger partial charge is 0.429 e. The van der Waals surface area contributed by atoms with Crippen molar-refractivity contribution in [1.82, 2.24) is 9.97 Å². The minimum atomic E-state index is -4.49. The Bertz CT molecular complexity index is 929. The third-order valence-corrected chi connectivity index (χ3v) is 3.96. The number of aromatic nitrogens is 2. The van der Waals surface area contributed by atoms with Crippen molar-refractivity contribution in [1.29, 1.82) is 0 Å². The van der Waals surface area contributed by atoms with Crippen molar-refractivity contribution in [3.63, 3.8) is 0 Å². The summed E-state index contributed by atoms with van der Waals surface area (Å²) < 4.78 is 44.2. The number of ether oxygens (including phenoxy) is 1. The summed E-state index contributed by atoms with van der Waals surface area (Å²) in [6, 6.07) is 10.4. The molecule has 7 heteroatoms. The number of hydrogen-bond acceptors (Lipinski definition) is 2. The van der Waals surface area contributed by atoms with Gasteiger partial charge in [-0.2, -0.15) is 13.2 Å². The van der Waals surface area contributed by atoms with Crippen molar-refractivity contribution in [2.45, 2.75) is 12.3 Å².